The Morgan fingerprint density at radius 1 is 0.971 bits per heavy atom. The molecule has 0 spiro atoms. The Morgan fingerprint density at radius 3 is 2.37 bits per heavy atom. The van der Waals surface area contributed by atoms with E-state index in [-0.39, 0.29) is 11.6 Å². The Kier molecular flexibility index (Phi) is 6.09. The van der Waals surface area contributed by atoms with Gasteiger partial charge in [0.15, 0.2) is 0 Å². The number of hydrogen-bond acceptors (Lipinski definition) is 5. The molecule has 1 aromatic heterocycles. The molecule has 35 heavy (non-hydrogen) atoms. The molecule has 0 aliphatic carbocycles. The van der Waals surface area contributed by atoms with Crippen LogP contribution in [0, 0.1) is 5.82 Å². The van der Waals surface area contributed by atoms with E-state index in [0.29, 0.717) is 34.9 Å². The zero-order valence-corrected chi connectivity index (χ0v) is 18.5. The summed E-state index contributed by atoms with van der Waals surface area (Å²) in [6.45, 7) is 0. The van der Waals surface area contributed by atoms with Crippen LogP contribution in [0.15, 0.2) is 102 Å². The minimum atomic E-state index is -0.479. The summed E-state index contributed by atoms with van der Waals surface area (Å²) in [6.07, 6.45) is 3.80. The Balaban J connectivity index is 1.35. The van der Waals surface area contributed by atoms with E-state index in [1.165, 1.54) is 29.3 Å². The fraction of sp³-hybridized carbons (Fsp3) is 0.0741. The molecule has 1 aliphatic heterocycles. The molecule has 2 heterocycles. The second-order valence-electron chi connectivity index (χ2n) is 7.92. The summed E-state index contributed by atoms with van der Waals surface area (Å²) in [6, 6.07) is 22.2. The van der Waals surface area contributed by atoms with Crippen molar-refractivity contribution in [3.05, 3.63) is 114 Å². The summed E-state index contributed by atoms with van der Waals surface area (Å²) in [5.74, 6) is 0.803. The lowest BCUT2D eigenvalue weighted by Crippen LogP contribution is -2.31. The number of amides is 2. The molecule has 3 aromatic carbocycles. The standard InChI is InChI=1S/C27H21FN4O3/c28-19-7-11-21(12-8-19)35-22-13-9-20(10-14-22)30-27(34)32-25(23-5-1-2-6-26(23)33)16-24(31-32)18-4-3-15-29-17-18/h1-15,17,25,33H,16H2,(H,30,34). The third kappa shape index (κ3) is 4.96. The van der Waals surface area contributed by atoms with Crippen LogP contribution in [0.3, 0.4) is 0 Å². The minimum absolute atomic E-state index is 0.0974. The largest absolute Gasteiger partial charge is 0.508 e. The number of nitrogens with one attached hydrogen (secondary N) is 1. The Morgan fingerprint density at radius 2 is 1.69 bits per heavy atom. The van der Waals surface area contributed by atoms with Gasteiger partial charge in [0.1, 0.15) is 23.1 Å². The van der Waals surface area contributed by atoms with Gasteiger partial charge in [0.05, 0.1) is 11.8 Å². The maximum Gasteiger partial charge on any atom is 0.342 e. The number of rotatable bonds is 5. The predicted molar refractivity (Wildman–Crippen MR) is 130 cm³/mol. The molecular formula is C27H21FN4O3. The number of halogens is 1. The van der Waals surface area contributed by atoms with Gasteiger partial charge in [-0.2, -0.15) is 5.10 Å². The summed E-state index contributed by atoms with van der Waals surface area (Å²) >= 11 is 0. The number of hydrazone groups is 1. The zero-order valence-electron chi connectivity index (χ0n) is 18.5. The fourth-order valence-electron chi connectivity index (χ4n) is 3.84. The van der Waals surface area contributed by atoms with Crippen molar-refractivity contribution in [3.63, 3.8) is 0 Å². The van der Waals surface area contributed by atoms with Crippen LogP contribution in [-0.2, 0) is 0 Å². The van der Waals surface area contributed by atoms with Gasteiger partial charge < -0.3 is 15.2 Å². The molecule has 1 atom stereocenters. The van der Waals surface area contributed by atoms with E-state index < -0.39 is 12.1 Å². The second-order valence-corrected chi connectivity index (χ2v) is 7.92. The average Bonchev–Trinajstić information content (AvgIpc) is 3.33. The monoisotopic (exact) mass is 468 g/mol. The number of phenols is 1. The van der Waals surface area contributed by atoms with E-state index in [4.69, 9.17) is 4.74 Å². The van der Waals surface area contributed by atoms with Gasteiger partial charge in [-0.05, 0) is 60.7 Å². The molecule has 0 saturated heterocycles. The van der Waals surface area contributed by atoms with Crippen molar-refractivity contribution in [2.24, 2.45) is 5.10 Å². The first-order chi connectivity index (χ1) is 17.1. The SMILES string of the molecule is O=C(Nc1ccc(Oc2ccc(F)cc2)cc1)N1N=C(c2cccnc2)CC1c1ccccc1O. The highest BCUT2D eigenvalue weighted by Crippen LogP contribution is 2.37. The molecule has 8 heteroatoms. The molecule has 2 amide bonds. The second kappa shape index (κ2) is 9.64. The molecule has 0 saturated carbocycles. The third-order valence-corrected chi connectivity index (χ3v) is 5.56. The highest BCUT2D eigenvalue weighted by molar-refractivity contribution is 6.04. The molecule has 0 radical (unpaired) electrons. The van der Waals surface area contributed by atoms with Crippen LogP contribution < -0.4 is 10.1 Å². The van der Waals surface area contributed by atoms with Crippen LogP contribution in [0.4, 0.5) is 14.9 Å². The normalized spacial score (nSPS) is 14.9. The molecule has 1 aliphatic rings. The van der Waals surface area contributed by atoms with E-state index in [9.17, 15) is 14.3 Å². The quantitative estimate of drug-likeness (QED) is 0.370. The van der Waals surface area contributed by atoms with E-state index in [1.807, 2.05) is 18.2 Å². The van der Waals surface area contributed by atoms with Crippen LogP contribution in [0.2, 0.25) is 0 Å². The Hall–Kier alpha value is -4.72. The number of aromatic hydroxyl groups is 1. The van der Waals surface area contributed by atoms with Gasteiger partial charge in [-0.1, -0.05) is 24.3 Å². The molecular weight excluding hydrogens is 447 g/mol. The molecule has 2 N–H and O–H groups in total. The average molecular weight is 468 g/mol. The van der Waals surface area contributed by atoms with Crippen LogP contribution in [0.5, 0.6) is 17.2 Å². The summed E-state index contributed by atoms with van der Waals surface area (Å²) in [4.78, 5) is 17.4. The van der Waals surface area contributed by atoms with Crippen molar-refractivity contribution in [3.8, 4) is 17.2 Å². The lowest BCUT2D eigenvalue weighted by Gasteiger charge is -2.23. The molecule has 1 unspecified atom stereocenters. The lowest BCUT2D eigenvalue weighted by atomic mass is 9.98. The number of carbonyl (C=O) groups is 1. The van der Waals surface area contributed by atoms with Gasteiger partial charge in [0.25, 0.3) is 0 Å². The highest BCUT2D eigenvalue weighted by atomic mass is 19.1. The number of aromatic nitrogens is 1. The summed E-state index contributed by atoms with van der Waals surface area (Å²) in [5, 5.41) is 19.2. The van der Waals surface area contributed by atoms with Gasteiger partial charge in [-0.25, -0.2) is 14.2 Å². The minimum Gasteiger partial charge on any atom is -0.508 e. The van der Waals surface area contributed by atoms with Gasteiger partial charge in [0, 0.05) is 35.6 Å². The fourth-order valence-corrected chi connectivity index (χ4v) is 3.84. The molecule has 5 rings (SSSR count). The number of para-hydroxylation sites is 1. The Bertz CT molecular complexity index is 1360. The number of nitrogens with zero attached hydrogens (tertiary/aromatic N) is 3. The van der Waals surface area contributed by atoms with E-state index in [0.717, 1.165) is 5.56 Å². The lowest BCUT2D eigenvalue weighted by molar-refractivity contribution is 0.199. The molecule has 0 fully saturated rings. The molecule has 4 aromatic rings. The maximum atomic E-state index is 13.2. The first-order valence-electron chi connectivity index (χ1n) is 11.0. The third-order valence-electron chi connectivity index (χ3n) is 5.56. The van der Waals surface area contributed by atoms with Crippen LogP contribution >= 0.6 is 0 Å². The number of anilines is 1. The topological polar surface area (TPSA) is 87.0 Å². The van der Waals surface area contributed by atoms with E-state index >= 15 is 0 Å². The van der Waals surface area contributed by atoms with Crippen molar-refractivity contribution in [1.29, 1.82) is 0 Å². The Labute approximate surface area is 201 Å². The van der Waals surface area contributed by atoms with Gasteiger partial charge in [0.2, 0.25) is 0 Å². The number of benzene rings is 3. The van der Waals surface area contributed by atoms with Crippen molar-refractivity contribution in [2.45, 2.75) is 12.5 Å². The van der Waals surface area contributed by atoms with Gasteiger partial charge in [-0.3, -0.25) is 4.98 Å². The number of hydrogen-bond donors (Lipinski definition) is 2. The zero-order chi connectivity index (χ0) is 24.2. The van der Waals surface area contributed by atoms with Gasteiger partial charge in [-0.15, -0.1) is 0 Å². The van der Waals surface area contributed by atoms with E-state index in [2.05, 4.69) is 15.4 Å². The number of phenolic OH excluding ortho intramolecular Hbond substituents is 1. The first-order valence-corrected chi connectivity index (χ1v) is 11.0. The summed E-state index contributed by atoms with van der Waals surface area (Å²) in [7, 11) is 0. The number of carbonyl (C=O) groups excluding carboxylic acids is 1. The molecule has 0 bridgehead atoms. The molecule has 174 valence electrons. The predicted octanol–water partition coefficient (Wildman–Crippen LogP) is 6.10. The summed E-state index contributed by atoms with van der Waals surface area (Å²) < 4.78 is 18.8. The highest BCUT2D eigenvalue weighted by Gasteiger charge is 2.34. The van der Waals surface area contributed by atoms with Crippen molar-refractivity contribution < 1.29 is 19.0 Å². The van der Waals surface area contributed by atoms with Crippen LogP contribution in [0.1, 0.15) is 23.6 Å². The maximum absolute atomic E-state index is 13.2. The smallest absolute Gasteiger partial charge is 0.342 e. The number of pyridine rings is 1. The van der Waals surface area contributed by atoms with E-state index in [1.54, 1.807) is 54.9 Å². The van der Waals surface area contributed by atoms with Crippen LogP contribution in [0.25, 0.3) is 0 Å². The van der Waals surface area contributed by atoms with Gasteiger partial charge >= 0.3 is 6.03 Å². The number of urea groups is 1. The van der Waals surface area contributed by atoms with Crippen molar-refractivity contribution in [2.75, 3.05) is 5.32 Å². The molecule has 7 nitrogen and oxygen atoms in total. The first kappa shape index (κ1) is 22.1. The van der Waals surface area contributed by atoms with Crippen molar-refractivity contribution in [1.82, 2.24) is 9.99 Å². The van der Waals surface area contributed by atoms with Crippen molar-refractivity contribution >= 4 is 17.4 Å². The van der Waals surface area contributed by atoms with Crippen LogP contribution in [-0.4, -0.2) is 26.8 Å². The number of ether oxygens (including phenoxy) is 1. The summed E-state index contributed by atoms with van der Waals surface area (Å²) in [5.41, 5.74) is 2.66.